The predicted molar refractivity (Wildman–Crippen MR) is 82.1 cm³/mol. The maximum absolute atomic E-state index is 5.85. The Kier molecular flexibility index (Phi) is 3.43. The first-order chi connectivity index (χ1) is 9.17. The minimum absolute atomic E-state index is 0.244. The van der Waals surface area contributed by atoms with Gasteiger partial charge in [0.05, 0.1) is 22.2 Å². The summed E-state index contributed by atoms with van der Waals surface area (Å²) in [7, 11) is 1.66. The van der Waals surface area contributed by atoms with Crippen LogP contribution in [0.1, 0.15) is 0 Å². The molecule has 0 aliphatic heterocycles. The van der Waals surface area contributed by atoms with Crippen molar-refractivity contribution < 1.29 is 4.74 Å². The summed E-state index contributed by atoms with van der Waals surface area (Å²) >= 11 is 10.9. The molecule has 0 radical (unpaired) electrons. The lowest BCUT2D eigenvalue weighted by Gasteiger charge is -1.99. The molecule has 0 unspecified atom stereocenters. The lowest BCUT2D eigenvalue weighted by atomic mass is 10.2. The van der Waals surface area contributed by atoms with Crippen molar-refractivity contribution in [2.24, 2.45) is 0 Å². The Bertz CT molecular complexity index is 759. The molecule has 2 aromatic heterocycles. The average Bonchev–Trinajstić information content (AvgIpc) is 2.83. The van der Waals surface area contributed by atoms with Gasteiger partial charge in [0.1, 0.15) is 5.75 Å². The predicted octanol–water partition coefficient (Wildman–Crippen LogP) is 4.78. The maximum Gasteiger partial charge on any atom is 0.222 e. The number of rotatable bonds is 2. The van der Waals surface area contributed by atoms with E-state index in [0.29, 0.717) is 0 Å². The Labute approximate surface area is 127 Å². The van der Waals surface area contributed by atoms with Gasteiger partial charge in [0.2, 0.25) is 5.28 Å². The second kappa shape index (κ2) is 5.07. The zero-order valence-electron chi connectivity index (χ0n) is 9.85. The molecule has 0 fully saturated rings. The molecule has 3 nitrogen and oxygen atoms in total. The summed E-state index contributed by atoms with van der Waals surface area (Å²) in [6, 6.07) is 8.08. The molecule has 0 spiro atoms. The van der Waals surface area contributed by atoms with E-state index >= 15 is 0 Å². The normalized spacial score (nSPS) is 10.9. The highest BCUT2D eigenvalue weighted by Gasteiger charge is 2.11. The number of methoxy groups -OCH3 is 1. The number of benzene rings is 1. The topological polar surface area (TPSA) is 35.0 Å². The van der Waals surface area contributed by atoms with Crippen LogP contribution in [0, 0.1) is 0 Å². The van der Waals surface area contributed by atoms with Crippen molar-refractivity contribution >= 4 is 49.0 Å². The number of hydrogen-bond donors (Lipinski definition) is 0. The Hall–Kier alpha value is -1.17. The number of thiophene rings is 1. The lowest BCUT2D eigenvalue weighted by Crippen LogP contribution is -1.86. The molecule has 0 bridgehead atoms. The van der Waals surface area contributed by atoms with Crippen molar-refractivity contribution in [2.75, 3.05) is 7.11 Å². The van der Waals surface area contributed by atoms with Crippen LogP contribution in [0.5, 0.6) is 5.75 Å². The van der Waals surface area contributed by atoms with E-state index in [2.05, 4.69) is 32.0 Å². The number of hydrogen-bond acceptors (Lipinski definition) is 4. The Morgan fingerprint density at radius 2 is 2.16 bits per heavy atom. The third kappa shape index (κ3) is 2.45. The first kappa shape index (κ1) is 12.8. The van der Waals surface area contributed by atoms with Gasteiger partial charge >= 0.3 is 0 Å². The van der Waals surface area contributed by atoms with Gasteiger partial charge in [-0.2, -0.15) is 0 Å². The summed E-state index contributed by atoms with van der Waals surface area (Å²) in [5.74, 6) is 0.848. The van der Waals surface area contributed by atoms with E-state index in [1.165, 1.54) is 0 Å². The van der Waals surface area contributed by atoms with Gasteiger partial charge < -0.3 is 4.74 Å². The van der Waals surface area contributed by atoms with Crippen LogP contribution in [-0.2, 0) is 0 Å². The second-order valence-electron chi connectivity index (χ2n) is 3.85. The number of fused-ring (bicyclic) bond motifs is 1. The molecule has 0 saturated carbocycles. The molecule has 0 saturated heterocycles. The molecule has 96 valence electrons. The van der Waals surface area contributed by atoms with Crippen molar-refractivity contribution in [1.82, 2.24) is 9.97 Å². The minimum atomic E-state index is 0.244. The van der Waals surface area contributed by atoms with Crippen LogP contribution in [0.4, 0.5) is 0 Å². The Morgan fingerprint density at radius 1 is 1.32 bits per heavy atom. The van der Waals surface area contributed by atoms with E-state index in [1.54, 1.807) is 24.6 Å². The van der Waals surface area contributed by atoms with Gasteiger partial charge in [0.15, 0.2) is 0 Å². The molecule has 0 aliphatic rings. The van der Waals surface area contributed by atoms with Gasteiger partial charge in [-0.15, -0.1) is 11.3 Å². The molecule has 0 N–H and O–H groups in total. The van der Waals surface area contributed by atoms with Gasteiger partial charge in [-0.25, -0.2) is 9.97 Å². The zero-order valence-corrected chi connectivity index (χ0v) is 13.0. The maximum atomic E-state index is 5.85. The smallest absolute Gasteiger partial charge is 0.222 e. The highest BCUT2D eigenvalue weighted by atomic mass is 79.9. The van der Waals surface area contributed by atoms with Crippen LogP contribution in [0.25, 0.3) is 20.7 Å². The summed E-state index contributed by atoms with van der Waals surface area (Å²) in [5, 5.41) is 1.40. The first-order valence-corrected chi connectivity index (χ1v) is 7.42. The summed E-state index contributed by atoms with van der Waals surface area (Å²) < 4.78 is 7.21. The van der Waals surface area contributed by atoms with E-state index in [4.69, 9.17) is 16.3 Å². The lowest BCUT2D eigenvalue weighted by molar-refractivity contribution is 0.415. The third-order valence-electron chi connectivity index (χ3n) is 2.68. The number of ether oxygens (including phenoxy) is 1. The van der Waals surface area contributed by atoms with Crippen LogP contribution in [0.3, 0.4) is 0 Å². The van der Waals surface area contributed by atoms with E-state index < -0.39 is 0 Å². The van der Waals surface area contributed by atoms with Gasteiger partial charge in [-0.1, -0.05) is 0 Å². The summed E-state index contributed by atoms with van der Waals surface area (Å²) in [4.78, 5) is 9.25. The quantitative estimate of drug-likeness (QED) is 0.620. The van der Waals surface area contributed by atoms with E-state index in [9.17, 15) is 0 Å². The summed E-state index contributed by atoms with van der Waals surface area (Å²) in [6.07, 6.45) is 1.66. The standard InChI is InChI=1S/C13H8BrClN2OS/c1-18-8-3-2-7-4-11(19-10(7)5-8)12-9(14)6-16-13(15)17-12/h2-6H,1H3. The van der Waals surface area contributed by atoms with Crippen LogP contribution in [0.15, 0.2) is 34.9 Å². The highest BCUT2D eigenvalue weighted by molar-refractivity contribution is 9.10. The van der Waals surface area contributed by atoms with Crippen molar-refractivity contribution in [3.8, 4) is 16.3 Å². The Balaban J connectivity index is 2.17. The van der Waals surface area contributed by atoms with Crippen molar-refractivity contribution in [3.05, 3.63) is 40.2 Å². The number of halogens is 2. The van der Waals surface area contributed by atoms with Crippen LogP contribution in [0.2, 0.25) is 5.28 Å². The molecule has 3 rings (SSSR count). The van der Waals surface area contributed by atoms with Gasteiger partial charge in [-0.3, -0.25) is 0 Å². The van der Waals surface area contributed by atoms with Gasteiger partial charge in [0.25, 0.3) is 0 Å². The molecule has 0 aliphatic carbocycles. The molecular weight excluding hydrogens is 348 g/mol. The molecule has 0 atom stereocenters. The molecule has 3 aromatic rings. The summed E-state index contributed by atoms with van der Waals surface area (Å²) in [6.45, 7) is 0. The first-order valence-electron chi connectivity index (χ1n) is 5.43. The number of aromatic nitrogens is 2. The van der Waals surface area contributed by atoms with E-state index in [-0.39, 0.29) is 5.28 Å². The molecule has 0 amide bonds. The summed E-state index contributed by atoms with van der Waals surface area (Å²) in [5.41, 5.74) is 0.806. The van der Waals surface area contributed by atoms with Crippen LogP contribution in [-0.4, -0.2) is 17.1 Å². The largest absolute Gasteiger partial charge is 0.497 e. The minimum Gasteiger partial charge on any atom is -0.497 e. The van der Waals surface area contributed by atoms with Gasteiger partial charge in [0, 0.05) is 10.9 Å². The fourth-order valence-electron chi connectivity index (χ4n) is 1.77. The van der Waals surface area contributed by atoms with Crippen molar-refractivity contribution in [2.45, 2.75) is 0 Å². The number of nitrogens with zero attached hydrogens (tertiary/aromatic N) is 2. The zero-order chi connectivity index (χ0) is 13.4. The fraction of sp³-hybridized carbons (Fsp3) is 0.0769. The monoisotopic (exact) mass is 354 g/mol. The van der Waals surface area contributed by atoms with Gasteiger partial charge in [-0.05, 0) is 57.2 Å². The Morgan fingerprint density at radius 3 is 2.95 bits per heavy atom. The van der Waals surface area contributed by atoms with Crippen molar-refractivity contribution in [1.29, 1.82) is 0 Å². The molecular formula is C13H8BrClN2OS. The average molecular weight is 356 g/mol. The van der Waals surface area contributed by atoms with E-state index in [0.717, 1.165) is 30.9 Å². The third-order valence-corrected chi connectivity index (χ3v) is 4.54. The molecule has 1 aromatic carbocycles. The second-order valence-corrected chi connectivity index (χ2v) is 6.13. The fourth-order valence-corrected chi connectivity index (χ4v) is 3.54. The molecule has 6 heteroatoms. The van der Waals surface area contributed by atoms with Crippen LogP contribution < -0.4 is 4.74 Å². The van der Waals surface area contributed by atoms with Crippen LogP contribution >= 0.6 is 38.9 Å². The molecule has 2 heterocycles. The highest BCUT2D eigenvalue weighted by Crippen LogP contribution is 2.37. The molecule has 19 heavy (non-hydrogen) atoms. The van der Waals surface area contributed by atoms with E-state index in [1.807, 2.05) is 18.2 Å². The van der Waals surface area contributed by atoms with Crippen molar-refractivity contribution in [3.63, 3.8) is 0 Å². The SMILES string of the molecule is COc1ccc2cc(-c3nc(Cl)ncc3Br)sc2c1.